The molecule has 1 fully saturated rings. The molecule has 2 N–H and O–H groups in total. The molecule has 0 saturated carbocycles. The van der Waals surface area contributed by atoms with Gasteiger partial charge in [0.25, 0.3) is 0 Å². The standard InChI is InChI=1S/C26H35NO3/c1-20(22-12-10-21(11-13-22)18-25(2,3)30)27-16-15-26(14-7-17-28,19-24(27)29)23-8-5-4-6-9-23/h4-6,8-13,20,28,30H,7,14-19H2,1-3H3/t20-,26-/m0/s1. The first-order chi connectivity index (χ1) is 14.2. The van der Waals surface area contributed by atoms with Gasteiger partial charge >= 0.3 is 0 Å². The summed E-state index contributed by atoms with van der Waals surface area (Å²) < 4.78 is 0. The summed E-state index contributed by atoms with van der Waals surface area (Å²) in [6.45, 7) is 6.58. The van der Waals surface area contributed by atoms with Crippen molar-refractivity contribution in [2.24, 2.45) is 0 Å². The van der Waals surface area contributed by atoms with Crippen molar-refractivity contribution in [1.82, 2.24) is 4.90 Å². The van der Waals surface area contributed by atoms with Crippen molar-refractivity contribution in [3.05, 3.63) is 71.3 Å². The predicted molar refractivity (Wildman–Crippen MR) is 120 cm³/mol. The normalized spacial score (nSPS) is 21.0. The summed E-state index contributed by atoms with van der Waals surface area (Å²) in [5, 5.41) is 19.4. The number of piperidine rings is 1. The van der Waals surface area contributed by atoms with Gasteiger partial charge in [0.05, 0.1) is 11.6 Å². The van der Waals surface area contributed by atoms with Gasteiger partial charge in [-0.3, -0.25) is 4.79 Å². The number of aliphatic hydroxyl groups is 2. The molecule has 2 aromatic carbocycles. The molecule has 1 aliphatic rings. The van der Waals surface area contributed by atoms with E-state index in [0.717, 1.165) is 24.0 Å². The number of carbonyl (C=O) groups excluding carboxylic acids is 1. The summed E-state index contributed by atoms with van der Waals surface area (Å²) in [6.07, 6.45) is 3.53. The fraction of sp³-hybridized carbons (Fsp3) is 0.500. The molecule has 0 aromatic heterocycles. The van der Waals surface area contributed by atoms with Crippen LogP contribution >= 0.6 is 0 Å². The minimum absolute atomic E-state index is 0.0142. The second-order valence-corrected chi connectivity index (χ2v) is 9.39. The molecule has 1 heterocycles. The predicted octanol–water partition coefficient (Wildman–Crippen LogP) is 4.39. The number of likely N-dealkylation sites (tertiary alicyclic amines) is 1. The SMILES string of the molecule is C[C@@H](c1ccc(CC(C)(C)O)cc1)N1CC[C@](CCCO)(c2ccccc2)CC1=O. The Morgan fingerprint density at radius 1 is 1.10 bits per heavy atom. The Hall–Kier alpha value is -2.17. The molecule has 4 heteroatoms. The average molecular weight is 410 g/mol. The van der Waals surface area contributed by atoms with Crippen LogP contribution in [-0.4, -0.2) is 39.8 Å². The van der Waals surface area contributed by atoms with Crippen molar-refractivity contribution < 1.29 is 15.0 Å². The van der Waals surface area contributed by atoms with Crippen LogP contribution in [0.15, 0.2) is 54.6 Å². The fourth-order valence-corrected chi connectivity index (χ4v) is 4.75. The van der Waals surface area contributed by atoms with E-state index in [-0.39, 0.29) is 24.0 Å². The Balaban J connectivity index is 1.74. The Morgan fingerprint density at radius 2 is 1.77 bits per heavy atom. The molecule has 1 aliphatic heterocycles. The fourth-order valence-electron chi connectivity index (χ4n) is 4.75. The minimum Gasteiger partial charge on any atom is -0.396 e. The first-order valence-corrected chi connectivity index (χ1v) is 11.0. The Labute approximate surface area is 180 Å². The lowest BCUT2D eigenvalue weighted by Crippen LogP contribution is -2.47. The van der Waals surface area contributed by atoms with Gasteiger partial charge in [-0.15, -0.1) is 0 Å². The van der Waals surface area contributed by atoms with Crippen LogP contribution in [-0.2, 0) is 16.6 Å². The third-order valence-electron chi connectivity index (χ3n) is 6.41. The monoisotopic (exact) mass is 409 g/mol. The van der Waals surface area contributed by atoms with Crippen molar-refractivity contribution in [1.29, 1.82) is 0 Å². The second-order valence-electron chi connectivity index (χ2n) is 9.39. The molecule has 0 aliphatic carbocycles. The summed E-state index contributed by atoms with van der Waals surface area (Å²) in [5.41, 5.74) is 2.50. The van der Waals surface area contributed by atoms with Gasteiger partial charge in [0.2, 0.25) is 5.91 Å². The smallest absolute Gasteiger partial charge is 0.223 e. The Morgan fingerprint density at radius 3 is 2.33 bits per heavy atom. The lowest BCUT2D eigenvalue weighted by atomic mass is 9.69. The van der Waals surface area contributed by atoms with Crippen molar-refractivity contribution >= 4 is 5.91 Å². The molecule has 2 atom stereocenters. The van der Waals surface area contributed by atoms with E-state index >= 15 is 0 Å². The zero-order chi connectivity index (χ0) is 21.8. The van der Waals surface area contributed by atoms with Gasteiger partial charge in [-0.2, -0.15) is 0 Å². The molecular weight excluding hydrogens is 374 g/mol. The van der Waals surface area contributed by atoms with E-state index in [1.165, 1.54) is 5.56 Å². The van der Waals surface area contributed by atoms with Gasteiger partial charge in [-0.1, -0.05) is 54.6 Å². The van der Waals surface area contributed by atoms with Crippen molar-refractivity contribution in [3.63, 3.8) is 0 Å². The molecule has 30 heavy (non-hydrogen) atoms. The maximum absolute atomic E-state index is 13.2. The van der Waals surface area contributed by atoms with Crippen LogP contribution in [0.5, 0.6) is 0 Å². The number of rotatable bonds is 8. The van der Waals surface area contributed by atoms with Gasteiger partial charge in [0, 0.05) is 31.4 Å². The maximum atomic E-state index is 13.2. The van der Waals surface area contributed by atoms with Gasteiger partial charge in [0.15, 0.2) is 0 Å². The molecule has 0 unspecified atom stereocenters. The first-order valence-electron chi connectivity index (χ1n) is 11.0. The quantitative estimate of drug-likeness (QED) is 0.680. The van der Waals surface area contributed by atoms with Crippen molar-refractivity contribution in [2.45, 2.75) is 69.9 Å². The van der Waals surface area contributed by atoms with E-state index in [4.69, 9.17) is 0 Å². The number of carbonyl (C=O) groups is 1. The Bertz CT molecular complexity index is 826. The molecule has 1 amide bonds. The maximum Gasteiger partial charge on any atom is 0.223 e. The molecule has 2 aromatic rings. The highest BCUT2D eigenvalue weighted by molar-refractivity contribution is 5.79. The van der Waals surface area contributed by atoms with Crippen molar-refractivity contribution in [3.8, 4) is 0 Å². The number of hydrogen-bond donors (Lipinski definition) is 2. The van der Waals surface area contributed by atoms with Gasteiger partial charge in [-0.25, -0.2) is 0 Å². The first kappa shape index (κ1) is 22.5. The van der Waals surface area contributed by atoms with E-state index < -0.39 is 5.60 Å². The zero-order valence-corrected chi connectivity index (χ0v) is 18.5. The number of amides is 1. The van der Waals surface area contributed by atoms with Gasteiger partial charge in [0.1, 0.15) is 0 Å². The minimum atomic E-state index is -0.731. The van der Waals surface area contributed by atoms with Crippen LogP contribution < -0.4 is 0 Å². The van der Waals surface area contributed by atoms with Gasteiger partial charge < -0.3 is 15.1 Å². The third-order valence-corrected chi connectivity index (χ3v) is 6.41. The second kappa shape index (κ2) is 9.32. The third kappa shape index (κ3) is 5.30. The van der Waals surface area contributed by atoms with E-state index in [1.807, 2.05) is 49.1 Å². The highest BCUT2D eigenvalue weighted by Gasteiger charge is 2.41. The van der Waals surface area contributed by atoms with Crippen LogP contribution in [0, 0.1) is 0 Å². The highest BCUT2D eigenvalue weighted by Crippen LogP contribution is 2.42. The van der Waals surface area contributed by atoms with E-state index in [2.05, 4.69) is 31.2 Å². The molecule has 1 saturated heterocycles. The molecule has 0 bridgehead atoms. The van der Waals surface area contributed by atoms with Gasteiger partial charge in [-0.05, 0) is 56.7 Å². The van der Waals surface area contributed by atoms with Crippen molar-refractivity contribution in [2.75, 3.05) is 13.2 Å². The summed E-state index contributed by atoms with van der Waals surface area (Å²) in [7, 11) is 0. The van der Waals surface area contributed by atoms with E-state index in [9.17, 15) is 15.0 Å². The van der Waals surface area contributed by atoms with E-state index in [0.29, 0.717) is 25.8 Å². The average Bonchev–Trinajstić information content (AvgIpc) is 2.72. The van der Waals surface area contributed by atoms with E-state index in [1.54, 1.807) is 0 Å². The lowest BCUT2D eigenvalue weighted by Gasteiger charge is -2.44. The number of nitrogens with zero attached hydrogens (tertiary/aromatic N) is 1. The van der Waals surface area contributed by atoms with Crippen LogP contribution in [0.1, 0.15) is 69.2 Å². The molecular formula is C26H35NO3. The number of benzene rings is 2. The number of hydrogen-bond acceptors (Lipinski definition) is 3. The Kier molecular flexibility index (Phi) is 6.99. The number of aliphatic hydroxyl groups excluding tert-OH is 1. The molecule has 0 radical (unpaired) electrons. The summed E-state index contributed by atoms with van der Waals surface area (Å²) in [4.78, 5) is 15.2. The topological polar surface area (TPSA) is 60.8 Å². The van der Waals surface area contributed by atoms with Crippen LogP contribution in [0.2, 0.25) is 0 Å². The van der Waals surface area contributed by atoms with Crippen LogP contribution in [0.4, 0.5) is 0 Å². The molecule has 4 nitrogen and oxygen atoms in total. The molecule has 3 rings (SSSR count). The molecule has 0 spiro atoms. The highest BCUT2D eigenvalue weighted by atomic mass is 16.3. The van der Waals surface area contributed by atoms with Crippen LogP contribution in [0.3, 0.4) is 0 Å². The summed E-state index contributed by atoms with van der Waals surface area (Å²) in [6, 6.07) is 18.6. The largest absolute Gasteiger partial charge is 0.396 e. The lowest BCUT2D eigenvalue weighted by molar-refractivity contribution is -0.138. The zero-order valence-electron chi connectivity index (χ0n) is 18.5. The van der Waals surface area contributed by atoms with Crippen LogP contribution in [0.25, 0.3) is 0 Å². The molecule has 162 valence electrons. The summed E-state index contributed by atoms with van der Waals surface area (Å²) in [5.74, 6) is 0.177. The summed E-state index contributed by atoms with van der Waals surface area (Å²) >= 11 is 0.